The number of halogens is 1. The van der Waals surface area contributed by atoms with Gasteiger partial charge in [-0.3, -0.25) is 0 Å². The Morgan fingerprint density at radius 1 is 1.12 bits per heavy atom. The van der Waals surface area contributed by atoms with E-state index in [0.29, 0.717) is 12.4 Å². The zero-order chi connectivity index (χ0) is 17.2. The molecule has 24 heavy (non-hydrogen) atoms. The van der Waals surface area contributed by atoms with Crippen molar-refractivity contribution in [3.05, 3.63) is 58.8 Å². The van der Waals surface area contributed by atoms with Crippen LogP contribution in [0.15, 0.2) is 58.2 Å². The molecule has 124 valence electrons. The number of nitrogens with zero attached hydrogens (tertiary/aromatic N) is 2. The monoisotopic (exact) mass is 406 g/mol. The summed E-state index contributed by atoms with van der Waals surface area (Å²) in [6, 6.07) is 12.6. The first-order valence-electron chi connectivity index (χ1n) is 7.16. The highest BCUT2D eigenvalue weighted by atomic mass is 79.9. The predicted molar refractivity (Wildman–Crippen MR) is 97.3 cm³/mol. The van der Waals surface area contributed by atoms with E-state index in [1.54, 1.807) is 18.2 Å². The minimum Gasteiger partial charge on any atom is -0.365 e. The third kappa shape index (κ3) is 3.55. The molecule has 0 amide bonds. The largest absolute Gasteiger partial charge is 0.365 e. The lowest BCUT2D eigenvalue weighted by Gasteiger charge is -2.10. The minimum absolute atomic E-state index is 0.236. The molecule has 0 saturated carbocycles. The van der Waals surface area contributed by atoms with Crippen molar-refractivity contribution in [2.24, 2.45) is 0 Å². The average Bonchev–Trinajstić information content (AvgIpc) is 2.60. The second-order valence-corrected chi connectivity index (χ2v) is 7.89. The van der Waals surface area contributed by atoms with E-state index in [1.165, 1.54) is 13.4 Å². The highest BCUT2D eigenvalue weighted by Gasteiger charge is 2.11. The van der Waals surface area contributed by atoms with Crippen molar-refractivity contribution in [2.75, 3.05) is 12.4 Å². The van der Waals surface area contributed by atoms with Gasteiger partial charge in [0.25, 0.3) is 0 Å². The molecule has 2 N–H and O–H groups in total. The second-order valence-electron chi connectivity index (χ2n) is 5.09. The van der Waals surface area contributed by atoms with E-state index in [0.717, 1.165) is 20.9 Å². The number of fused-ring (bicyclic) bond motifs is 1. The van der Waals surface area contributed by atoms with Crippen LogP contribution in [0.25, 0.3) is 10.9 Å². The lowest BCUT2D eigenvalue weighted by Crippen LogP contribution is -2.18. The quantitative estimate of drug-likeness (QED) is 0.680. The Morgan fingerprint density at radius 3 is 2.75 bits per heavy atom. The van der Waals surface area contributed by atoms with Gasteiger partial charge in [-0.1, -0.05) is 28.1 Å². The Morgan fingerprint density at radius 2 is 1.96 bits per heavy atom. The maximum atomic E-state index is 11.9. The topological polar surface area (TPSA) is 84.0 Å². The Hall–Kier alpha value is -2.03. The van der Waals surface area contributed by atoms with Gasteiger partial charge >= 0.3 is 0 Å². The summed E-state index contributed by atoms with van der Waals surface area (Å²) in [6.07, 6.45) is 1.50. The molecule has 0 fully saturated rings. The molecule has 6 nitrogen and oxygen atoms in total. The number of sulfonamides is 1. The fourth-order valence-electron chi connectivity index (χ4n) is 2.30. The van der Waals surface area contributed by atoms with Crippen LogP contribution in [0.2, 0.25) is 0 Å². The van der Waals surface area contributed by atoms with Crippen LogP contribution in [0, 0.1) is 0 Å². The summed E-state index contributed by atoms with van der Waals surface area (Å²) in [4.78, 5) is 8.75. The van der Waals surface area contributed by atoms with Crippen LogP contribution in [-0.4, -0.2) is 25.4 Å². The zero-order valence-corrected chi connectivity index (χ0v) is 15.2. The van der Waals surface area contributed by atoms with Crippen molar-refractivity contribution < 1.29 is 8.42 Å². The van der Waals surface area contributed by atoms with E-state index >= 15 is 0 Å². The van der Waals surface area contributed by atoms with E-state index in [1.807, 2.05) is 24.3 Å². The first-order valence-corrected chi connectivity index (χ1v) is 9.44. The third-order valence-corrected chi connectivity index (χ3v) is 5.44. The number of nitrogens with one attached hydrogen (secondary N) is 2. The molecule has 0 atom stereocenters. The van der Waals surface area contributed by atoms with Crippen LogP contribution in [0.4, 0.5) is 5.82 Å². The lowest BCUT2D eigenvalue weighted by molar-refractivity contribution is 0.588. The van der Waals surface area contributed by atoms with E-state index in [2.05, 4.69) is 35.9 Å². The molecular weight excluding hydrogens is 392 g/mol. The number of hydrogen-bond donors (Lipinski definition) is 2. The van der Waals surface area contributed by atoms with Gasteiger partial charge in [0.15, 0.2) is 0 Å². The summed E-state index contributed by atoms with van der Waals surface area (Å²) in [6.45, 7) is 0.450. The van der Waals surface area contributed by atoms with Crippen molar-refractivity contribution in [2.45, 2.75) is 11.4 Å². The lowest BCUT2D eigenvalue weighted by atomic mass is 10.2. The summed E-state index contributed by atoms with van der Waals surface area (Å²) in [5.41, 5.74) is 1.68. The zero-order valence-electron chi connectivity index (χ0n) is 12.8. The fourth-order valence-corrected chi connectivity index (χ4v) is 3.46. The number of rotatable bonds is 5. The van der Waals surface area contributed by atoms with Crippen molar-refractivity contribution in [1.82, 2.24) is 14.7 Å². The van der Waals surface area contributed by atoms with Crippen LogP contribution in [0.5, 0.6) is 0 Å². The van der Waals surface area contributed by atoms with E-state index in [-0.39, 0.29) is 4.90 Å². The molecule has 0 saturated heterocycles. The van der Waals surface area contributed by atoms with Crippen molar-refractivity contribution in [3.8, 4) is 0 Å². The molecule has 0 aliphatic heterocycles. The van der Waals surface area contributed by atoms with E-state index in [9.17, 15) is 8.42 Å². The second kappa shape index (κ2) is 6.84. The van der Waals surface area contributed by atoms with Gasteiger partial charge in [0.05, 0.1) is 10.4 Å². The number of hydrogen-bond acceptors (Lipinski definition) is 5. The normalized spacial score (nSPS) is 11.6. The number of benzene rings is 2. The fraction of sp³-hybridized carbons (Fsp3) is 0.125. The summed E-state index contributed by atoms with van der Waals surface area (Å²) in [7, 11) is -2.06. The predicted octanol–water partition coefficient (Wildman–Crippen LogP) is 2.91. The van der Waals surface area contributed by atoms with Crippen LogP contribution in [0.1, 0.15) is 5.56 Å². The standard InChI is InChI=1S/C16H15BrN4O2S/c1-18-24(22,23)13-4-2-3-11(7-13)9-19-16-14-8-12(17)5-6-15(14)20-10-21-16/h2-8,10,18H,9H2,1H3,(H,19,20,21). The Labute approximate surface area is 148 Å². The SMILES string of the molecule is CNS(=O)(=O)c1cccc(CNc2ncnc3ccc(Br)cc23)c1. The average molecular weight is 407 g/mol. The number of anilines is 1. The van der Waals surface area contributed by atoms with Crippen molar-refractivity contribution in [1.29, 1.82) is 0 Å². The summed E-state index contributed by atoms with van der Waals surface area (Å²) < 4.78 is 27.0. The molecule has 1 aromatic heterocycles. The summed E-state index contributed by atoms with van der Waals surface area (Å²) in [5, 5.41) is 4.13. The highest BCUT2D eigenvalue weighted by Crippen LogP contribution is 2.23. The molecule has 1 heterocycles. The molecule has 0 unspecified atom stereocenters. The maximum absolute atomic E-state index is 11.9. The molecule has 0 aliphatic carbocycles. The Bertz CT molecular complexity index is 992. The van der Waals surface area contributed by atoms with Gasteiger partial charge in [-0.2, -0.15) is 0 Å². The summed E-state index contributed by atoms with van der Waals surface area (Å²) in [5.74, 6) is 0.697. The van der Waals surface area contributed by atoms with Gasteiger partial charge in [-0.05, 0) is 42.9 Å². The van der Waals surface area contributed by atoms with Gasteiger partial charge in [0.1, 0.15) is 12.1 Å². The van der Waals surface area contributed by atoms with Gasteiger partial charge in [-0.15, -0.1) is 0 Å². The van der Waals surface area contributed by atoms with E-state index in [4.69, 9.17) is 0 Å². The first kappa shape index (κ1) is 16.8. The molecule has 0 radical (unpaired) electrons. The van der Waals surface area contributed by atoms with Crippen LogP contribution in [0.3, 0.4) is 0 Å². The molecule has 8 heteroatoms. The molecule has 3 rings (SSSR count). The minimum atomic E-state index is -3.45. The van der Waals surface area contributed by atoms with Gasteiger partial charge < -0.3 is 5.32 Å². The smallest absolute Gasteiger partial charge is 0.240 e. The van der Waals surface area contributed by atoms with Gasteiger partial charge in [0, 0.05) is 16.4 Å². The van der Waals surface area contributed by atoms with E-state index < -0.39 is 10.0 Å². The molecule has 0 bridgehead atoms. The molecule has 3 aromatic rings. The first-order chi connectivity index (χ1) is 11.5. The third-order valence-electron chi connectivity index (χ3n) is 3.53. The highest BCUT2D eigenvalue weighted by molar-refractivity contribution is 9.10. The maximum Gasteiger partial charge on any atom is 0.240 e. The molecule has 0 aliphatic rings. The van der Waals surface area contributed by atoms with Crippen molar-refractivity contribution >= 4 is 42.7 Å². The molecular formula is C16H15BrN4O2S. The van der Waals surface area contributed by atoms with Crippen molar-refractivity contribution in [3.63, 3.8) is 0 Å². The number of aromatic nitrogens is 2. The molecule has 2 aromatic carbocycles. The summed E-state index contributed by atoms with van der Waals surface area (Å²) >= 11 is 3.44. The van der Waals surface area contributed by atoms with Crippen LogP contribution in [-0.2, 0) is 16.6 Å². The van der Waals surface area contributed by atoms with Gasteiger partial charge in [0.2, 0.25) is 10.0 Å². The Kier molecular flexibility index (Phi) is 4.79. The van der Waals surface area contributed by atoms with Gasteiger partial charge in [-0.25, -0.2) is 23.1 Å². The van der Waals surface area contributed by atoms with Crippen LogP contribution < -0.4 is 10.0 Å². The van der Waals surface area contributed by atoms with Crippen LogP contribution >= 0.6 is 15.9 Å². The molecule has 0 spiro atoms. The Balaban J connectivity index is 1.87.